The Hall–Kier alpha value is -1.58. The molecular formula is C9H11F2N3O4. The summed E-state index contributed by atoms with van der Waals surface area (Å²) < 4.78 is 32.5. The Labute approximate surface area is 99.6 Å². The molecule has 1 saturated heterocycles. The second-order valence-electron chi connectivity index (χ2n) is 3.83. The van der Waals surface area contributed by atoms with Crippen LogP contribution in [0.15, 0.2) is 17.1 Å². The number of alkyl halides is 2. The van der Waals surface area contributed by atoms with E-state index in [2.05, 4.69) is 4.98 Å². The molecule has 0 bridgehead atoms. The third kappa shape index (κ3) is 2.07. The summed E-state index contributed by atoms with van der Waals surface area (Å²) in [6, 6.07) is 1.23. The van der Waals surface area contributed by atoms with Crippen LogP contribution < -0.4 is 11.2 Å². The molecule has 18 heavy (non-hydrogen) atoms. The highest BCUT2D eigenvalue weighted by atomic mass is 19.2. The van der Waals surface area contributed by atoms with Gasteiger partial charge < -0.3 is 9.84 Å². The van der Waals surface area contributed by atoms with Gasteiger partial charge in [-0.1, -0.05) is 0 Å². The quantitative estimate of drug-likeness (QED) is 0.662. The van der Waals surface area contributed by atoms with E-state index in [4.69, 9.17) is 15.1 Å². The third-order valence-electron chi connectivity index (χ3n) is 2.68. The van der Waals surface area contributed by atoms with Gasteiger partial charge in [-0.2, -0.15) is 4.98 Å². The van der Waals surface area contributed by atoms with Crippen molar-refractivity contribution in [1.29, 1.82) is 0 Å². The molecule has 0 aromatic carbocycles. The van der Waals surface area contributed by atoms with Crippen LogP contribution in [0.2, 0.25) is 0 Å². The van der Waals surface area contributed by atoms with Crippen molar-refractivity contribution in [3.05, 3.63) is 22.7 Å². The van der Waals surface area contributed by atoms with Gasteiger partial charge in [-0.3, -0.25) is 15.3 Å². The van der Waals surface area contributed by atoms with Crippen molar-refractivity contribution in [2.45, 2.75) is 24.7 Å². The zero-order valence-electron chi connectivity index (χ0n) is 9.08. The number of ether oxygens (including phenoxy) is 1. The van der Waals surface area contributed by atoms with Gasteiger partial charge in [0, 0.05) is 12.6 Å². The SMILES string of the molecule is O=c1nc(NO)ccn1[C@H]1C[C@H](F)[C@@](F)(CO)O1. The molecule has 3 atom stereocenters. The molecule has 1 aromatic heterocycles. The highest BCUT2D eigenvalue weighted by Gasteiger charge is 2.50. The molecule has 7 nitrogen and oxygen atoms in total. The van der Waals surface area contributed by atoms with E-state index in [1.807, 2.05) is 0 Å². The standard InChI is InChI=1S/C9H11F2N3O4/c10-5-3-7(18-9(5,11)4-15)14-2-1-6(13-17)12-8(14)16/h1-2,5,7,15,17H,3-4H2,(H,12,13,16)/t5-,7+,9+/m0/s1. The van der Waals surface area contributed by atoms with E-state index >= 15 is 0 Å². The van der Waals surface area contributed by atoms with Gasteiger partial charge in [0.2, 0.25) is 0 Å². The summed E-state index contributed by atoms with van der Waals surface area (Å²) >= 11 is 0. The number of halogens is 2. The molecule has 3 N–H and O–H groups in total. The van der Waals surface area contributed by atoms with Crippen LogP contribution in [0.1, 0.15) is 12.6 Å². The number of nitrogens with zero attached hydrogens (tertiary/aromatic N) is 2. The monoisotopic (exact) mass is 263 g/mol. The van der Waals surface area contributed by atoms with Crippen LogP contribution in [0.3, 0.4) is 0 Å². The molecule has 1 fully saturated rings. The molecule has 0 unspecified atom stereocenters. The van der Waals surface area contributed by atoms with Gasteiger partial charge in [-0.15, -0.1) is 0 Å². The van der Waals surface area contributed by atoms with Crippen molar-refractivity contribution in [3.63, 3.8) is 0 Å². The molecule has 0 spiro atoms. The van der Waals surface area contributed by atoms with E-state index in [9.17, 15) is 13.6 Å². The van der Waals surface area contributed by atoms with Crippen molar-refractivity contribution in [3.8, 4) is 0 Å². The van der Waals surface area contributed by atoms with Crippen LogP contribution in [0.5, 0.6) is 0 Å². The number of rotatable bonds is 3. The maximum absolute atomic E-state index is 13.6. The Kier molecular flexibility index (Phi) is 3.28. The highest BCUT2D eigenvalue weighted by Crippen LogP contribution is 2.38. The molecule has 2 heterocycles. The fraction of sp³-hybridized carbons (Fsp3) is 0.556. The Balaban J connectivity index is 2.27. The summed E-state index contributed by atoms with van der Waals surface area (Å²) in [7, 11) is 0. The lowest BCUT2D eigenvalue weighted by Crippen LogP contribution is -2.36. The molecule has 0 aliphatic carbocycles. The van der Waals surface area contributed by atoms with Gasteiger partial charge in [0.1, 0.15) is 12.8 Å². The fourth-order valence-corrected chi connectivity index (χ4v) is 1.70. The summed E-state index contributed by atoms with van der Waals surface area (Å²) in [5.41, 5.74) is 0.829. The molecular weight excluding hydrogens is 252 g/mol. The van der Waals surface area contributed by atoms with Gasteiger partial charge in [0.25, 0.3) is 5.85 Å². The summed E-state index contributed by atoms with van der Waals surface area (Å²) in [5, 5.41) is 17.3. The van der Waals surface area contributed by atoms with E-state index in [0.717, 1.165) is 4.57 Å². The first-order valence-corrected chi connectivity index (χ1v) is 5.11. The van der Waals surface area contributed by atoms with Crippen molar-refractivity contribution < 1.29 is 23.8 Å². The maximum atomic E-state index is 13.6. The van der Waals surface area contributed by atoms with Gasteiger partial charge in [-0.25, -0.2) is 13.6 Å². The highest BCUT2D eigenvalue weighted by molar-refractivity contribution is 5.28. The molecule has 1 aromatic rings. The van der Waals surface area contributed by atoms with Gasteiger partial charge >= 0.3 is 5.69 Å². The minimum atomic E-state index is -2.81. The number of nitrogens with one attached hydrogen (secondary N) is 1. The lowest BCUT2D eigenvalue weighted by Gasteiger charge is -2.19. The molecule has 0 amide bonds. The molecule has 1 aliphatic rings. The topological polar surface area (TPSA) is 96.6 Å². The van der Waals surface area contributed by atoms with Crippen LogP contribution in [-0.4, -0.2) is 38.5 Å². The normalized spacial score (nSPS) is 31.6. The Bertz CT molecular complexity index is 497. The summed E-state index contributed by atoms with van der Waals surface area (Å²) in [4.78, 5) is 14.9. The second-order valence-corrected chi connectivity index (χ2v) is 3.83. The van der Waals surface area contributed by atoms with Crippen LogP contribution in [0.25, 0.3) is 0 Å². The van der Waals surface area contributed by atoms with E-state index < -0.39 is 37.0 Å². The first-order valence-electron chi connectivity index (χ1n) is 5.11. The summed E-state index contributed by atoms with van der Waals surface area (Å²) in [5.74, 6) is -2.91. The summed E-state index contributed by atoms with van der Waals surface area (Å²) in [6.45, 7) is -1.14. The first kappa shape index (κ1) is 12.9. The number of aromatic nitrogens is 2. The van der Waals surface area contributed by atoms with Gasteiger partial charge in [-0.05, 0) is 6.07 Å². The van der Waals surface area contributed by atoms with Crippen molar-refractivity contribution in [1.82, 2.24) is 9.55 Å². The lowest BCUT2D eigenvalue weighted by atomic mass is 10.2. The predicted octanol–water partition coefficient (Wildman–Crippen LogP) is -0.0405. The third-order valence-corrected chi connectivity index (χ3v) is 2.68. The molecule has 9 heteroatoms. The van der Waals surface area contributed by atoms with Crippen LogP contribution in [0.4, 0.5) is 14.6 Å². The number of aliphatic hydroxyl groups excluding tert-OH is 1. The smallest absolute Gasteiger partial charge is 0.351 e. The van der Waals surface area contributed by atoms with E-state index in [0.29, 0.717) is 0 Å². The molecule has 0 saturated carbocycles. The zero-order chi connectivity index (χ0) is 13.3. The summed E-state index contributed by atoms with van der Waals surface area (Å²) in [6.07, 6.45) is -2.46. The van der Waals surface area contributed by atoms with E-state index in [1.165, 1.54) is 12.3 Å². The van der Waals surface area contributed by atoms with Crippen LogP contribution >= 0.6 is 0 Å². The second kappa shape index (κ2) is 4.59. The number of aliphatic hydroxyl groups is 1. The average Bonchev–Trinajstić information content (AvgIpc) is 2.66. The van der Waals surface area contributed by atoms with E-state index in [1.54, 1.807) is 5.48 Å². The number of hydrogen-bond acceptors (Lipinski definition) is 6. The molecule has 1 aliphatic heterocycles. The van der Waals surface area contributed by atoms with Crippen molar-refractivity contribution in [2.75, 3.05) is 12.1 Å². The predicted molar refractivity (Wildman–Crippen MR) is 54.5 cm³/mol. The Morgan fingerprint density at radius 3 is 2.94 bits per heavy atom. The number of anilines is 1. The van der Waals surface area contributed by atoms with E-state index in [-0.39, 0.29) is 5.82 Å². The minimum Gasteiger partial charge on any atom is -0.390 e. The van der Waals surface area contributed by atoms with Crippen molar-refractivity contribution in [2.24, 2.45) is 0 Å². The van der Waals surface area contributed by atoms with Gasteiger partial charge in [0.05, 0.1) is 0 Å². The molecule has 2 rings (SSSR count). The zero-order valence-corrected chi connectivity index (χ0v) is 9.08. The lowest BCUT2D eigenvalue weighted by molar-refractivity contribution is -0.196. The first-order chi connectivity index (χ1) is 8.50. The average molecular weight is 263 g/mol. The van der Waals surface area contributed by atoms with Crippen molar-refractivity contribution >= 4 is 5.82 Å². The molecule has 100 valence electrons. The van der Waals surface area contributed by atoms with Crippen LogP contribution in [0, 0.1) is 0 Å². The minimum absolute atomic E-state index is 0.0975. The van der Waals surface area contributed by atoms with Gasteiger partial charge in [0.15, 0.2) is 12.0 Å². The maximum Gasteiger partial charge on any atom is 0.351 e. The van der Waals surface area contributed by atoms with Crippen LogP contribution in [-0.2, 0) is 4.74 Å². The Morgan fingerprint density at radius 1 is 1.72 bits per heavy atom. The molecule has 0 radical (unpaired) electrons. The number of hydrogen-bond donors (Lipinski definition) is 3. The Morgan fingerprint density at radius 2 is 2.44 bits per heavy atom. The fourth-order valence-electron chi connectivity index (χ4n) is 1.70. The largest absolute Gasteiger partial charge is 0.390 e.